The first kappa shape index (κ1) is 18.2. The van der Waals surface area contributed by atoms with Crippen LogP contribution in [0.1, 0.15) is 26.5 Å². The van der Waals surface area contributed by atoms with E-state index in [0.29, 0.717) is 17.1 Å². The Balaban J connectivity index is 1.98. The van der Waals surface area contributed by atoms with Gasteiger partial charge in [0.2, 0.25) is 5.91 Å². The Morgan fingerprint density at radius 3 is 2.71 bits per heavy atom. The molecule has 0 saturated carbocycles. The smallest absolute Gasteiger partial charge is 0.340 e. The summed E-state index contributed by atoms with van der Waals surface area (Å²) in [5.74, 6) is -0.625. The van der Waals surface area contributed by atoms with Crippen molar-refractivity contribution in [2.24, 2.45) is 7.05 Å². The quantitative estimate of drug-likeness (QED) is 0.806. The van der Waals surface area contributed by atoms with Gasteiger partial charge in [-0.2, -0.15) is 5.10 Å². The molecule has 0 aliphatic carbocycles. The van der Waals surface area contributed by atoms with Crippen LogP contribution in [-0.4, -0.2) is 47.3 Å². The van der Waals surface area contributed by atoms with Crippen LogP contribution in [0.25, 0.3) is 0 Å². The first-order chi connectivity index (χ1) is 11.3. The van der Waals surface area contributed by atoms with Crippen LogP contribution in [0.5, 0.6) is 0 Å². The van der Waals surface area contributed by atoms with Crippen LogP contribution in [0.4, 0.5) is 5.00 Å². The van der Waals surface area contributed by atoms with Crippen molar-refractivity contribution in [3.63, 3.8) is 0 Å². The second kappa shape index (κ2) is 7.59. The van der Waals surface area contributed by atoms with Crippen molar-refractivity contribution in [3.8, 4) is 0 Å². The number of aryl methyl sites for hydroxylation is 2. The minimum absolute atomic E-state index is 0.175. The number of likely N-dealkylation sites (N-methyl/N-ethyl adjacent to an activating group) is 1. The molecule has 0 bridgehead atoms. The lowest BCUT2D eigenvalue weighted by atomic mass is 10.2. The number of methoxy groups -OCH3 is 1. The number of aromatic nitrogens is 2. The summed E-state index contributed by atoms with van der Waals surface area (Å²) in [5.41, 5.74) is 2.54. The van der Waals surface area contributed by atoms with Gasteiger partial charge in [-0.25, -0.2) is 4.79 Å². The van der Waals surface area contributed by atoms with E-state index in [4.69, 9.17) is 4.74 Å². The standard InChI is InChI=1S/C16H22N4O3S/c1-10-6-13(16(22)23-5)15(24-10)18-14(21)9-19(3)8-12-7-17-20(4)11(12)2/h6-7H,8-9H2,1-5H3,(H,18,21). The fraction of sp³-hybridized carbons (Fsp3) is 0.438. The highest BCUT2D eigenvalue weighted by Gasteiger charge is 2.18. The molecule has 24 heavy (non-hydrogen) atoms. The van der Waals surface area contributed by atoms with Crippen LogP contribution in [-0.2, 0) is 23.1 Å². The van der Waals surface area contributed by atoms with E-state index in [1.165, 1.54) is 18.4 Å². The zero-order chi connectivity index (χ0) is 17.9. The molecule has 0 spiro atoms. The highest BCUT2D eigenvalue weighted by molar-refractivity contribution is 7.16. The Morgan fingerprint density at radius 1 is 1.42 bits per heavy atom. The van der Waals surface area contributed by atoms with Crippen molar-refractivity contribution in [3.05, 3.63) is 34.0 Å². The monoisotopic (exact) mass is 350 g/mol. The van der Waals surface area contributed by atoms with Gasteiger partial charge in [0.05, 0.1) is 25.4 Å². The number of hydrogen-bond acceptors (Lipinski definition) is 6. The van der Waals surface area contributed by atoms with E-state index in [0.717, 1.165) is 16.1 Å². The van der Waals surface area contributed by atoms with E-state index in [9.17, 15) is 9.59 Å². The lowest BCUT2D eigenvalue weighted by Gasteiger charge is -2.16. The highest BCUT2D eigenvalue weighted by Crippen LogP contribution is 2.28. The molecule has 0 aliphatic rings. The van der Waals surface area contributed by atoms with Crippen molar-refractivity contribution < 1.29 is 14.3 Å². The van der Waals surface area contributed by atoms with Gasteiger partial charge in [0.25, 0.3) is 0 Å². The number of rotatable bonds is 6. The normalized spacial score (nSPS) is 10.9. The molecule has 2 aromatic heterocycles. The van der Waals surface area contributed by atoms with E-state index in [-0.39, 0.29) is 12.5 Å². The van der Waals surface area contributed by atoms with E-state index >= 15 is 0 Å². The molecule has 2 rings (SSSR count). The third-order valence-electron chi connectivity index (χ3n) is 3.70. The lowest BCUT2D eigenvalue weighted by Crippen LogP contribution is -2.30. The Bertz CT molecular complexity index is 751. The van der Waals surface area contributed by atoms with Crippen molar-refractivity contribution in [1.82, 2.24) is 14.7 Å². The van der Waals surface area contributed by atoms with Crippen LogP contribution >= 0.6 is 11.3 Å². The van der Waals surface area contributed by atoms with E-state index in [1.54, 1.807) is 10.7 Å². The predicted octanol–water partition coefficient (Wildman–Crippen LogP) is 1.96. The minimum Gasteiger partial charge on any atom is -0.465 e. The molecule has 0 atom stereocenters. The second-order valence-electron chi connectivity index (χ2n) is 5.69. The number of carbonyl (C=O) groups is 2. The molecule has 0 aromatic carbocycles. The van der Waals surface area contributed by atoms with Crippen molar-refractivity contribution in [2.75, 3.05) is 26.0 Å². The summed E-state index contributed by atoms with van der Waals surface area (Å²) < 4.78 is 6.55. The molecule has 8 heteroatoms. The minimum atomic E-state index is -0.450. The maximum atomic E-state index is 12.3. The molecule has 1 amide bonds. The molecule has 0 radical (unpaired) electrons. The van der Waals surface area contributed by atoms with Crippen LogP contribution in [0.2, 0.25) is 0 Å². The molecular weight excluding hydrogens is 328 g/mol. The zero-order valence-corrected chi connectivity index (χ0v) is 15.4. The van der Waals surface area contributed by atoms with E-state index in [1.807, 2.05) is 39.0 Å². The van der Waals surface area contributed by atoms with E-state index in [2.05, 4.69) is 10.4 Å². The SMILES string of the molecule is COC(=O)c1cc(C)sc1NC(=O)CN(C)Cc1cnn(C)c1C. The molecule has 0 fully saturated rings. The van der Waals surface area contributed by atoms with Crippen molar-refractivity contribution >= 4 is 28.2 Å². The topological polar surface area (TPSA) is 76.5 Å². The number of nitrogens with one attached hydrogen (secondary N) is 1. The van der Waals surface area contributed by atoms with Gasteiger partial charge in [0.1, 0.15) is 5.00 Å². The summed E-state index contributed by atoms with van der Waals surface area (Å²) in [6.45, 7) is 4.71. The van der Waals surface area contributed by atoms with Gasteiger partial charge in [0, 0.05) is 29.7 Å². The molecular formula is C16H22N4O3S. The zero-order valence-electron chi connectivity index (χ0n) is 14.5. The Hall–Kier alpha value is -2.19. The first-order valence-corrected chi connectivity index (χ1v) is 8.28. The largest absolute Gasteiger partial charge is 0.465 e. The van der Waals surface area contributed by atoms with Crippen LogP contribution < -0.4 is 5.32 Å². The summed E-state index contributed by atoms with van der Waals surface area (Å²) in [6.07, 6.45) is 1.81. The maximum Gasteiger partial charge on any atom is 0.340 e. The van der Waals surface area contributed by atoms with Crippen molar-refractivity contribution in [1.29, 1.82) is 0 Å². The molecule has 0 unspecified atom stereocenters. The third kappa shape index (κ3) is 4.21. The van der Waals surface area contributed by atoms with Gasteiger partial charge in [-0.3, -0.25) is 14.4 Å². The van der Waals surface area contributed by atoms with Gasteiger partial charge in [-0.05, 0) is 27.0 Å². The summed E-state index contributed by atoms with van der Waals surface area (Å²) >= 11 is 1.36. The fourth-order valence-corrected chi connectivity index (χ4v) is 3.24. The number of ether oxygens (including phenoxy) is 1. The average Bonchev–Trinajstić information content (AvgIpc) is 3.03. The van der Waals surface area contributed by atoms with Gasteiger partial charge in [0.15, 0.2) is 0 Å². The summed E-state index contributed by atoms with van der Waals surface area (Å²) in [5, 5.41) is 7.52. The summed E-state index contributed by atoms with van der Waals surface area (Å²) in [4.78, 5) is 26.8. The van der Waals surface area contributed by atoms with Crippen molar-refractivity contribution in [2.45, 2.75) is 20.4 Å². The number of amides is 1. The van der Waals surface area contributed by atoms with Gasteiger partial charge in [-0.15, -0.1) is 11.3 Å². The van der Waals surface area contributed by atoms with E-state index < -0.39 is 5.97 Å². The Morgan fingerprint density at radius 2 is 2.12 bits per heavy atom. The number of carbonyl (C=O) groups excluding carboxylic acids is 2. The Kier molecular flexibility index (Phi) is 5.74. The maximum absolute atomic E-state index is 12.3. The van der Waals surface area contributed by atoms with Gasteiger partial charge < -0.3 is 10.1 Å². The summed E-state index contributed by atoms with van der Waals surface area (Å²) in [7, 11) is 5.08. The molecule has 130 valence electrons. The molecule has 2 heterocycles. The van der Waals surface area contributed by atoms with Gasteiger partial charge >= 0.3 is 5.97 Å². The number of esters is 1. The second-order valence-corrected chi connectivity index (χ2v) is 6.95. The van der Waals surface area contributed by atoms with Crippen LogP contribution in [0.3, 0.4) is 0 Å². The Labute approximate surface area is 145 Å². The lowest BCUT2D eigenvalue weighted by molar-refractivity contribution is -0.117. The number of hydrogen-bond donors (Lipinski definition) is 1. The molecule has 1 N–H and O–H groups in total. The first-order valence-electron chi connectivity index (χ1n) is 7.46. The van der Waals surface area contributed by atoms with Crippen LogP contribution in [0, 0.1) is 13.8 Å². The molecule has 0 saturated heterocycles. The number of nitrogens with zero attached hydrogens (tertiary/aromatic N) is 3. The fourth-order valence-electron chi connectivity index (χ4n) is 2.33. The predicted molar refractivity (Wildman–Crippen MR) is 93.3 cm³/mol. The third-order valence-corrected chi connectivity index (χ3v) is 4.67. The summed E-state index contributed by atoms with van der Waals surface area (Å²) in [6, 6.07) is 1.72. The van der Waals surface area contributed by atoms with Crippen LogP contribution in [0.15, 0.2) is 12.3 Å². The molecule has 7 nitrogen and oxygen atoms in total. The van der Waals surface area contributed by atoms with Gasteiger partial charge in [-0.1, -0.05) is 0 Å². The molecule has 2 aromatic rings. The highest BCUT2D eigenvalue weighted by atomic mass is 32.1. The average molecular weight is 350 g/mol. The number of anilines is 1. The molecule has 0 aliphatic heterocycles. The number of thiophene rings is 1.